The Labute approximate surface area is 141 Å². The van der Waals surface area contributed by atoms with Gasteiger partial charge in [0.2, 0.25) is 11.8 Å². The molecule has 0 aliphatic carbocycles. The second kappa shape index (κ2) is 7.95. The molecule has 2 unspecified atom stereocenters. The highest BCUT2D eigenvalue weighted by Crippen LogP contribution is 2.22. The van der Waals surface area contributed by atoms with Crippen molar-refractivity contribution in [2.75, 3.05) is 11.9 Å². The van der Waals surface area contributed by atoms with Crippen LogP contribution in [0.3, 0.4) is 0 Å². The third-order valence-corrected chi connectivity index (χ3v) is 4.45. The van der Waals surface area contributed by atoms with Gasteiger partial charge in [0.1, 0.15) is 6.04 Å². The minimum Gasteiger partial charge on any atom is -0.481 e. The fourth-order valence-electron chi connectivity index (χ4n) is 2.96. The Kier molecular flexibility index (Phi) is 5.95. The minimum atomic E-state index is -0.912. The number of hydrogen-bond acceptors (Lipinski definition) is 3. The molecule has 0 aromatic heterocycles. The van der Waals surface area contributed by atoms with Gasteiger partial charge in [-0.3, -0.25) is 14.4 Å². The quantitative estimate of drug-likeness (QED) is 0.868. The van der Waals surface area contributed by atoms with Gasteiger partial charge in [0.05, 0.1) is 5.92 Å². The van der Waals surface area contributed by atoms with Crippen LogP contribution >= 0.6 is 0 Å². The van der Waals surface area contributed by atoms with Crippen molar-refractivity contribution in [2.45, 2.75) is 51.5 Å². The maximum Gasteiger partial charge on any atom is 0.310 e. The maximum absolute atomic E-state index is 12.6. The van der Waals surface area contributed by atoms with Crippen LogP contribution in [0.4, 0.5) is 5.69 Å². The molecule has 6 heteroatoms. The lowest BCUT2D eigenvalue weighted by Gasteiger charge is -2.34. The summed E-state index contributed by atoms with van der Waals surface area (Å²) in [7, 11) is 0. The highest BCUT2D eigenvalue weighted by Gasteiger charge is 2.31. The minimum absolute atomic E-state index is 0.0110. The van der Waals surface area contributed by atoms with E-state index in [0.717, 1.165) is 12.8 Å². The van der Waals surface area contributed by atoms with Crippen LogP contribution in [-0.2, 0) is 14.4 Å². The van der Waals surface area contributed by atoms with Crippen molar-refractivity contribution in [3.8, 4) is 0 Å². The third kappa shape index (κ3) is 4.13. The van der Waals surface area contributed by atoms with Gasteiger partial charge in [-0.1, -0.05) is 19.1 Å². The normalized spacial score (nSPS) is 18.8. The van der Waals surface area contributed by atoms with Crippen LogP contribution in [0.1, 0.15) is 51.0 Å². The predicted molar refractivity (Wildman–Crippen MR) is 90.8 cm³/mol. The molecule has 130 valence electrons. The van der Waals surface area contributed by atoms with Gasteiger partial charge in [-0.2, -0.15) is 0 Å². The third-order valence-electron chi connectivity index (χ3n) is 4.45. The molecule has 0 spiro atoms. The van der Waals surface area contributed by atoms with Crippen LogP contribution in [0.5, 0.6) is 0 Å². The highest BCUT2D eigenvalue weighted by molar-refractivity contribution is 5.97. The first-order valence-electron chi connectivity index (χ1n) is 8.37. The summed E-state index contributed by atoms with van der Waals surface area (Å²) < 4.78 is 0. The Balaban J connectivity index is 2.12. The van der Waals surface area contributed by atoms with Crippen molar-refractivity contribution in [3.05, 3.63) is 29.8 Å². The van der Waals surface area contributed by atoms with Crippen LogP contribution in [0.25, 0.3) is 0 Å². The van der Waals surface area contributed by atoms with Crippen molar-refractivity contribution in [1.29, 1.82) is 0 Å². The van der Waals surface area contributed by atoms with Crippen molar-refractivity contribution in [3.63, 3.8) is 0 Å². The fraction of sp³-hybridized carbons (Fsp3) is 0.500. The van der Waals surface area contributed by atoms with Crippen molar-refractivity contribution in [1.82, 2.24) is 4.90 Å². The number of nitrogens with one attached hydrogen (secondary N) is 1. The summed E-state index contributed by atoms with van der Waals surface area (Å²) in [6, 6.07) is 6.39. The number of nitrogens with zero attached hydrogens (tertiary/aromatic N) is 1. The Hall–Kier alpha value is -2.37. The van der Waals surface area contributed by atoms with E-state index in [-0.39, 0.29) is 11.8 Å². The van der Waals surface area contributed by atoms with E-state index in [1.54, 1.807) is 43.0 Å². The number of rotatable bonds is 5. The van der Waals surface area contributed by atoms with Gasteiger partial charge in [0.25, 0.3) is 0 Å². The molecule has 6 nitrogen and oxygen atoms in total. The summed E-state index contributed by atoms with van der Waals surface area (Å²) in [6.45, 7) is 4.01. The lowest BCUT2D eigenvalue weighted by Crippen LogP contribution is -2.49. The van der Waals surface area contributed by atoms with Crippen LogP contribution in [0.15, 0.2) is 24.3 Å². The smallest absolute Gasteiger partial charge is 0.310 e. The zero-order valence-corrected chi connectivity index (χ0v) is 14.1. The van der Waals surface area contributed by atoms with E-state index in [1.165, 1.54) is 0 Å². The molecule has 1 aliphatic rings. The zero-order chi connectivity index (χ0) is 17.7. The number of likely N-dealkylation sites (tertiary alicyclic amines) is 1. The molecule has 1 fully saturated rings. The topological polar surface area (TPSA) is 86.7 Å². The largest absolute Gasteiger partial charge is 0.481 e. The molecule has 1 aromatic rings. The monoisotopic (exact) mass is 332 g/mol. The van der Waals surface area contributed by atoms with Gasteiger partial charge in [0, 0.05) is 18.7 Å². The van der Waals surface area contributed by atoms with Crippen molar-refractivity contribution >= 4 is 23.5 Å². The SMILES string of the molecule is CCC(=O)N1CCCCC1C(=O)Nc1cccc(C(C)C(=O)O)c1. The van der Waals surface area contributed by atoms with E-state index in [4.69, 9.17) is 5.11 Å². The molecule has 2 N–H and O–H groups in total. The molecule has 1 heterocycles. The van der Waals surface area contributed by atoms with Crippen LogP contribution in [0.2, 0.25) is 0 Å². The Morgan fingerprint density at radius 1 is 1.33 bits per heavy atom. The summed E-state index contributed by atoms with van der Waals surface area (Å²) in [4.78, 5) is 37.4. The van der Waals surface area contributed by atoms with Crippen molar-refractivity contribution in [2.24, 2.45) is 0 Å². The first-order valence-corrected chi connectivity index (χ1v) is 8.37. The number of carboxylic acids is 1. The van der Waals surface area contributed by atoms with Crippen LogP contribution in [-0.4, -0.2) is 40.4 Å². The summed E-state index contributed by atoms with van der Waals surface area (Å²) >= 11 is 0. The van der Waals surface area contributed by atoms with E-state index in [2.05, 4.69) is 5.32 Å². The zero-order valence-electron chi connectivity index (χ0n) is 14.1. The number of carbonyl (C=O) groups is 3. The Bertz CT molecular complexity index is 629. The first kappa shape index (κ1) is 18.0. The number of benzene rings is 1. The van der Waals surface area contributed by atoms with E-state index in [1.807, 2.05) is 0 Å². The molecule has 1 saturated heterocycles. The van der Waals surface area contributed by atoms with Crippen LogP contribution < -0.4 is 5.32 Å². The molecular weight excluding hydrogens is 308 g/mol. The molecule has 0 bridgehead atoms. The fourth-order valence-corrected chi connectivity index (χ4v) is 2.96. The summed E-state index contributed by atoms with van der Waals surface area (Å²) in [5.41, 5.74) is 1.19. The molecule has 0 radical (unpaired) electrons. The van der Waals surface area contributed by atoms with E-state index < -0.39 is 17.9 Å². The lowest BCUT2D eigenvalue weighted by molar-refractivity contribution is -0.140. The predicted octanol–water partition coefficient (Wildman–Crippen LogP) is 2.60. The van der Waals surface area contributed by atoms with E-state index >= 15 is 0 Å². The molecule has 24 heavy (non-hydrogen) atoms. The second-order valence-electron chi connectivity index (χ2n) is 6.13. The van der Waals surface area contributed by atoms with Gasteiger partial charge in [-0.25, -0.2) is 0 Å². The molecule has 0 saturated carbocycles. The molecule has 2 amide bonds. The molecule has 2 rings (SSSR count). The summed E-state index contributed by atoms with van der Waals surface area (Å²) in [6.07, 6.45) is 2.88. The molecule has 1 aliphatic heterocycles. The van der Waals surface area contributed by atoms with Gasteiger partial charge < -0.3 is 15.3 Å². The number of amides is 2. The average Bonchev–Trinajstić information content (AvgIpc) is 2.60. The molecular formula is C18H24N2O4. The van der Waals surface area contributed by atoms with Gasteiger partial charge in [-0.05, 0) is 43.9 Å². The number of piperidine rings is 1. The Morgan fingerprint density at radius 3 is 2.75 bits per heavy atom. The van der Waals surface area contributed by atoms with Gasteiger partial charge >= 0.3 is 5.97 Å². The highest BCUT2D eigenvalue weighted by atomic mass is 16.4. The van der Waals surface area contributed by atoms with E-state index in [0.29, 0.717) is 30.6 Å². The number of aliphatic carboxylic acids is 1. The van der Waals surface area contributed by atoms with Gasteiger partial charge in [0.15, 0.2) is 0 Å². The van der Waals surface area contributed by atoms with E-state index in [9.17, 15) is 14.4 Å². The standard InChI is InChI=1S/C18H24N2O4/c1-3-16(21)20-10-5-4-9-15(20)17(22)19-14-8-6-7-13(11-14)12(2)18(23)24/h6-8,11-12,15H,3-5,9-10H2,1-2H3,(H,19,22)(H,23,24). The first-order chi connectivity index (χ1) is 11.4. The maximum atomic E-state index is 12.6. The van der Waals surface area contributed by atoms with Gasteiger partial charge in [-0.15, -0.1) is 0 Å². The summed E-state index contributed by atoms with van der Waals surface area (Å²) in [5, 5.41) is 11.9. The lowest BCUT2D eigenvalue weighted by atomic mass is 9.99. The molecule has 1 aromatic carbocycles. The molecule has 2 atom stereocenters. The summed E-state index contributed by atoms with van der Waals surface area (Å²) in [5.74, 6) is -1.78. The number of hydrogen-bond donors (Lipinski definition) is 2. The average molecular weight is 332 g/mol. The number of anilines is 1. The van der Waals surface area contributed by atoms with Crippen molar-refractivity contribution < 1.29 is 19.5 Å². The number of carboxylic acid groups (broad SMARTS) is 1. The Morgan fingerprint density at radius 2 is 2.08 bits per heavy atom. The second-order valence-corrected chi connectivity index (χ2v) is 6.13. The van der Waals surface area contributed by atoms with Crippen LogP contribution in [0, 0.1) is 0 Å². The number of carbonyl (C=O) groups excluding carboxylic acids is 2.